The molecule has 0 bridgehead atoms. The molecule has 4 heteroatoms. The SMILES string of the molecule is CC.Cc1ccc(N2CCCC(O)(C(C)(C)N(C)C)C2)cn1. The Balaban J connectivity index is 0.00000116. The van der Waals surface area contributed by atoms with Crippen LogP contribution >= 0.6 is 0 Å². The first-order valence-electron chi connectivity index (χ1n) is 8.34. The Morgan fingerprint density at radius 1 is 1.27 bits per heavy atom. The number of rotatable bonds is 3. The number of aliphatic hydroxyl groups is 1. The van der Waals surface area contributed by atoms with E-state index in [-0.39, 0.29) is 5.54 Å². The van der Waals surface area contributed by atoms with Crippen molar-refractivity contribution in [3.8, 4) is 0 Å². The third kappa shape index (κ3) is 3.79. The molecular weight excluding hydrogens is 274 g/mol. The van der Waals surface area contributed by atoms with E-state index >= 15 is 0 Å². The van der Waals surface area contributed by atoms with Gasteiger partial charge in [-0.3, -0.25) is 4.98 Å². The number of piperidine rings is 1. The van der Waals surface area contributed by atoms with E-state index in [1.54, 1.807) is 0 Å². The summed E-state index contributed by atoms with van der Waals surface area (Å²) in [5, 5.41) is 11.2. The molecular formula is C18H33N3O. The Morgan fingerprint density at radius 2 is 1.91 bits per heavy atom. The zero-order valence-electron chi connectivity index (χ0n) is 15.3. The summed E-state index contributed by atoms with van der Waals surface area (Å²) in [6.07, 6.45) is 3.75. The third-order valence-corrected chi connectivity index (χ3v) is 4.99. The molecule has 1 N–H and O–H groups in total. The van der Waals surface area contributed by atoms with E-state index in [1.165, 1.54) is 0 Å². The van der Waals surface area contributed by atoms with Crippen LogP contribution in [-0.2, 0) is 0 Å². The molecule has 1 atom stereocenters. The molecule has 1 aliphatic heterocycles. The molecule has 0 radical (unpaired) electrons. The predicted molar refractivity (Wildman–Crippen MR) is 94.5 cm³/mol. The summed E-state index contributed by atoms with van der Waals surface area (Å²) in [5.74, 6) is 0. The molecule has 1 fully saturated rings. The molecule has 1 unspecified atom stereocenters. The number of nitrogens with zero attached hydrogens (tertiary/aromatic N) is 3. The molecule has 0 aromatic carbocycles. The van der Waals surface area contributed by atoms with Gasteiger partial charge in [-0.05, 0) is 59.8 Å². The largest absolute Gasteiger partial charge is 0.386 e. The van der Waals surface area contributed by atoms with Crippen molar-refractivity contribution < 1.29 is 5.11 Å². The lowest BCUT2D eigenvalue weighted by atomic mass is 9.76. The van der Waals surface area contributed by atoms with Gasteiger partial charge in [-0.2, -0.15) is 0 Å². The number of aromatic nitrogens is 1. The van der Waals surface area contributed by atoms with Crippen LogP contribution in [-0.4, -0.2) is 53.3 Å². The minimum Gasteiger partial charge on any atom is -0.386 e. The van der Waals surface area contributed by atoms with Crippen LogP contribution in [0.3, 0.4) is 0 Å². The highest BCUT2D eigenvalue weighted by molar-refractivity contribution is 5.46. The molecule has 4 nitrogen and oxygen atoms in total. The van der Waals surface area contributed by atoms with Gasteiger partial charge in [0, 0.05) is 24.3 Å². The lowest BCUT2D eigenvalue weighted by Gasteiger charge is -2.52. The fourth-order valence-electron chi connectivity index (χ4n) is 2.82. The van der Waals surface area contributed by atoms with Crippen molar-refractivity contribution in [1.82, 2.24) is 9.88 Å². The zero-order chi connectivity index (χ0) is 17.0. The maximum Gasteiger partial charge on any atom is 0.0999 e. The Hall–Kier alpha value is -1.13. The number of β-amino-alcohol motifs (C(OH)–C–C–N with tert-alkyl or cyclic N) is 1. The first-order valence-corrected chi connectivity index (χ1v) is 8.34. The number of hydrogen-bond acceptors (Lipinski definition) is 4. The van der Waals surface area contributed by atoms with Gasteiger partial charge in [-0.1, -0.05) is 13.8 Å². The van der Waals surface area contributed by atoms with E-state index in [1.807, 2.05) is 47.1 Å². The number of likely N-dealkylation sites (N-methyl/N-ethyl adjacent to an activating group) is 1. The summed E-state index contributed by atoms with van der Waals surface area (Å²) in [7, 11) is 4.06. The Morgan fingerprint density at radius 3 is 2.41 bits per heavy atom. The number of hydrogen-bond donors (Lipinski definition) is 1. The third-order valence-electron chi connectivity index (χ3n) is 4.99. The lowest BCUT2D eigenvalue weighted by Crippen LogP contribution is -2.65. The van der Waals surface area contributed by atoms with Gasteiger partial charge in [0.15, 0.2) is 0 Å². The molecule has 1 aliphatic rings. The van der Waals surface area contributed by atoms with Crippen molar-refractivity contribution in [2.45, 2.75) is 58.6 Å². The number of pyridine rings is 1. The molecule has 1 aromatic heterocycles. The monoisotopic (exact) mass is 307 g/mol. The second-order valence-electron chi connectivity index (χ2n) is 6.67. The van der Waals surface area contributed by atoms with Crippen molar-refractivity contribution in [2.75, 3.05) is 32.1 Å². The van der Waals surface area contributed by atoms with Gasteiger partial charge in [-0.25, -0.2) is 0 Å². The van der Waals surface area contributed by atoms with Gasteiger partial charge in [0.2, 0.25) is 0 Å². The zero-order valence-corrected chi connectivity index (χ0v) is 15.3. The number of anilines is 1. The molecule has 2 heterocycles. The second-order valence-corrected chi connectivity index (χ2v) is 6.67. The highest BCUT2D eigenvalue weighted by Crippen LogP contribution is 2.36. The van der Waals surface area contributed by atoms with Gasteiger partial charge in [0.05, 0.1) is 17.5 Å². The standard InChI is InChI=1S/C16H27N3O.C2H6/c1-13-7-8-14(11-17-13)19-10-6-9-16(20,12-19)15(2,3)18(4)5;1-2/h7-8,11,20H,6,9-10,12H2,1-5H3;1-2H3. The minimum atomic E-state index is -0.709. The summed E-state index contributed by atoms with van der Waals surface area (Å²) >= 11 is 0. The average Bonchev–Trinajstić information content (AvgIpc) is 2.49. The molecule has 1 aromatic rings. The van der Waals surface area contributed by atoms with Gasteiger partial charge < -0.3 is 14.9 Å². The van der Waals surface area contributed by atoms with Crippen LogP contribution in [0.15, 0.2) is 18.3 Å². The van der Waals surface area contributed by atoms with E-state index in [9.17, 15) is 5.11 Å². The lowest BCUT2D eigenvalue weighted by molar-refractivity contribution is -0.0882. The summed E-state index contributed by atoms with van der Waals surface area (Å²) in [6.45, 7) is 11.9. The Bertz CT molecular complexity index is 456. The van der Waals surface area contributed by atoms with Crippen molar-refractivity contribution in [3.63, 3.8) is 0 Å². The van der Waals surface area contributed by atoms with E-state index in [4.69, 9.17) is 0 Å². The fraction of sp³-hybridized carbons (Fsp3) is 0.722. The highest BCUT2D eigenvalue weighted by Gasteiger charge is 2.47. The summed E-state index contributed by atoms with van der Waals surface area (Å²) in [4.78, 5) is 8.73. The van der Waals surface area contributed by atoms with Gasteiger partial charge in [-0.15, -0.1) is 0 Å². The van der Waals surface area contributed by atoms with Crippen LogP contribution in [0.5, 0.6) is 0 Å². The average molecular weight is 307 g/mol. The van der Waals surface area contributed by atoms with Gasteiger partial charge in [0.25, 0.3) is 0 Å². The van der Waals surface area contributed by atoms with Gasteiger partial charge >= 0.3 is 0 Å². The van der Waals surface area contributed by atoms with Crippen LogP contribution in [0.2, 0.25) is 0 Å². The Kier molecular flexibility index (Phi) is 6.38. The normalized spacial score (nSPS) is 22.3. The molecule has 22 heavy (non-hydrogen) atoms. The van der Waals surface area contributed by atoms with Crippen LogP contribution in [0, 0.1) is 6.92 Å². The number of aryl methyl sites for hydroxylation is 1. The van der Waals surface area contributed by atoms with Crippen molar-refractivity contribution >= 4 is 5.69 Å². The topological polar surface area (TPSA) is 39.6 Å². The second kappa shape index (κ2) is 7.42. The van der Waals surface area contributed by atoms with Crippen molar-refractivity contribution in [2.24, 2.45) is 0 Å². The maximum atomic E-state index is 11.2. The van der Waals surface area contributed by atoms with E-state index < -0.39 is 5.60 Å². The van der Waals surface area contributed by atoms with Crippen LogP contribution < -0.4 is 4.90 Å². The predicted octanol–water partition coefficient (Wildman–Crippen LogP) is 3.09. The molecule has 0 saturated carbocycles. The summed E-state index contributed by atoms with van der Waals surface area (Å²) in [5.41, 5.74) is 1.15. The van der Waals surface area contributed by atoms with Gasteiger partial charge in [0.1, 0.15) is 0 Å². The van der Waals surface area contributed by atoms with E-state index in [0.717, 1.165) is 30.8 Å². The molecule has 0 amide bonds. The van der Waals surface area contributed by atoms with Crippen molar-refractivity contribution in [1.29, 1.82) is 0 Å². The van der Waals surface area contributed by atoms with Crippen molar-refractivity contribution in [3.05, 3.63) is 24.0 Å². The van der Waals surface area contributed by atoms with E-state index in [0.29, 0.717) is 6.54 Å². The highest BCUT2D eigenvalue weighted by atomic mass is 16.3. The van der Waals surface area contributed by atoms with Crippen LogP contribution in [0.4, 0.5) is 5.69 Å². The summed E-state index contributed by atoms with van der Waals surface area (Å²) < 4.78 is 0. The molecule has 0 spiro atoms. The maximum absolute atomic E-state index is 11.2. The van der Waals surface area contributed by atoms with E-state index in [2.05, 4.69) is 34.7 Å². The molecule has 0 aliphatic carbocycles. The Labute approximate surface area is 136 Å². The molecule has 2 rings (SSSR count). The first-order chi connectivity index (χ1) is 10.3. The van der Waals surface area contributed by atoms with Crippen LogP contribution in [0.1, 0.15) is 46.2 Å². The quantitative estimate of drug-likeness (QED) is 0.931. The smallest absolute Gasteiger partial charge is 0.0999 e. The minimum absolute atomic E-state index is 0.260. The van der Waals surface area contributed by atoms with Crippen LogP contribution in [0.25, 0.3) is 0 Å². The first kappa shape index (κ1) is 18.9. The molecule has 1 saturated heterocycles. The summed E-state index contributed by atoms with van der Waals surface area (Å²) in [6, 6.07) is 4.12. The molecule has 126 valence electrons. The fourth-order valence-corrected chi connectivity index (χ4v) is 2.82.